The molecule has 10 heteroatoms. The highest BCUT2D eigenvalue weighted by Crippen LogP contribution is 2.25. The number of anilines is 2. The van der Waals surface area contributed by atoms with E-state index in [2.05, 4.69) is 20.2 Å². The van der Waals surface area contributed by atoms with Gasteiger partial charge in [0.2, 0.25) is 5.95 Å². The normalized spacial score (nSPS) is 13.9. The van der Waals surface area contributed by atoms with Crippen molar-refractivity contribution in [2.75, 3.05) is 36.9 Å². The summed E-state index contributed by atoms with van der Waals surface area (Å²) < 4.78 is 7.42. The smallest absolute Gasteiger partial charge is 0.251 e. The van der Waals surface area contributed by atoms with Crippen LogP contribution in [0.15, 0.2) is 55.1 Å². The fourth-order valence-corrected chi connectivity index (χ4v) is 3.58. The Hall–Kier alpha value is -4.05. The fourth-order valence-electron chi connectivity index (χ4n) is 3.58. The van der Waals surface area contributed by atoms with Crippen molar-refractivity contribution in [2.45, 2.75) is 6.54 Å². The SMILES string of the molecule is Nc1ncc(-c2cn3cc(CNC(=O)c4ccccc4)nc3c(N3CCOCC3)n2)cn1. The van der Waals surface area contributed by atoms with Gasteiger partial charge in [0.1, 0.15) is 0 Å². The van der Waals surface area contributed by atoms with E-state index in [9.17, 15) is 4.79 Å². The molecule has 0 saturated carbocycles. The van der Waals surface area contributed by atoms with Crippen molar-refractivity contribution < 1.29 is 9.53 Å². The maximum absolute atomic E-state index is 12.4. The predicted molar refractivity (Wildman–Crippen MR) is 119 cm³/mol. The minimum absolute atomic E-state index is 0.145. The lowest BCUT2D eigenvalue weighted by Crippen LogP contribution is -2.37. The van der Waals surface area contributed by atoms with Crippen molar-refractivity contribution in [3.05, 3.63) is 66.4 Å². The Morgan fingerprint density at radius 2 is 1.81 bits per heavy atom. The second kappa shape index (κ2) is 8.60. The summed E-state index contributed by atoms with van der Waals surface area (Å²) in [6, 6.07) is 9.11. The molecule has 3 N–H and O–H groups in total. The van der Waals surface area contributed by atoms with Crippen LogP contribution < -0.4 is 16.0 Å². The van der Waals surface area contributed by atoms with Crippen LogP contribution in [0.3, 0.4) is 0 Å². The van der Waals surface area contributed by atoms with Gasteiger partial charge in [0.05, 0.1) is 31.1 Å². The zero-order valence-electron chi connectivity index (χ0n) is 17.3. The lowest BCUT2D eigenvalue weighted by Gasteiger charge is -2.28. The molecule has 0 aliphatic carbocycles. The van der Waals surface area contributed by atoms with Gasteiger partial charge in [-0.05, 0) is 12.1 Å². The van der Waals surface area contributed by atoms with Crippen LogP contribution in [0.5, 0.6) is 0 Å². The van der Waals surface area contributed by atoms with E-state index in [1.165, 1.54) is 0 Å². The van der Waals surface area contributed by atoms with Gasteiger partial charge < -0.3 is 25.1 Å². The number of hydrogen-bond acceptors (Lipinski definition) is 8. The molecule has 162 valence electrons. The number of imidazole rings is 1. The van der Waals surface area contributed by atoms with Gasteiger partial charge in [-0.15, -0.1) is 0 Å². The van der Waals surface area contributed by atoms with Gasteiger partial charge >= 0.3 is 0 Å². The summed E-state index contributed by atoms with van der Waals surface area (Å²) in [7, 11) is 0. The second-order valence-electron chi connectivity index (χ2n) is 7.39. The first-order valence-corrected chi connectivity index (χ1v) is 10.3. The topological polar surface area (TPSA) is 124 Å². The molecule has 4 aromatic rings. The van der Waals surface area contributed by atoms with E-state index in [-0.39, 0.29) is 11.9 Å². The van der Waals surface area contributed by atoms with Gasteiger partial charge in [0.25, 0.3) is 5.91 Å². The number of nitrogens with one attached hydrogen (secondary N) is 1. The maximum atomic E-state index is 12.4. The molecular weight excluding hydrogens is 408 g/mol. The molecule has 1 fully saturated rings. The van der Waals surface area contributed by atoms with Crippen molar-refractivity contribution in [1.29, 1.82) is 0 Å². The van der Waals surface area contributed by atoms with Crippen LogP contribution in [-0.4, -0.2) is 56.5 Å². The van der Waals surface area contributed by atoms with Crippen molar-refractivity contribution in [3.63, 3.8) is 0 Å². The van der Waals surface area contributed by atoms with Crippen LogP contribution in [0.1, 0.15) is 16.1 Å². The van der Waals surface area contributed by atoms with Gasteiger partial charge in [0, 0.05) is 49.0 Å². The summed E-state index contributed by atoms with van der Waals surface area (Å²) in [5, 5.41) is 2.93. The number of ether oxygens (including phenoxy) is 1. The van der Waals surface area contributed by atoms with E-state index in [0.717, 1.165) is 35.8 Å². The lowest BCUT2D eigenvalue weighted by molar-refractivity contribution is 0.0950. The maximum Gasteiger partial charge on any atom is 0.251 e. The van der Waals surface area contributed by atoms with E-state index >= 15 is 0 Å². The first kappa shape index (κ1) is 19.9. The van der Waals surface area contributed by atoms with Gasteiger partial charge in [-0.1, -0.05) is 18.2 Å². The van der Waals surface area contributed by atoms with Crippen LogP contribution in [0.2, 0.25) is 0 Å². The minimum Gasteiger partial charge on any atom is -0.378 e. The van der Waals surface area contributed by atoms with Crippen LogP contribution >= 0.6 is 0 Å². The molecule has 1 saturated heterocycles. The Morgan fingerprint density at radius 3 is 2.56 bits per heavy atom. The third-order valence-corrected chi connectivity index (χ3v) is 5.21. The van der Waals surface area contributed by atoms with Crippen LogP contribution in [0, 0.1) is 0 Å². The van der Waals surface area contributed by atoms with Gasteiger partial charge in [-0.2, -0.15) is 0 Å². The largest absolute Gasteiger partial charge is 0.378 e. The van der Waals surface area contributed by atoms with Crippen molar-refractivity contribution in [3.8, 4) is 11.3 Å². The second-order valence-corrected chi connectivity index (χ2v) is 7.39. The molecule has 0 bridgehead atoms. The number of nitrogens with two attached hydrogens (primary N) is 1. The van der Waals surface area contributed by atoms with E-state index in [1.807, 2.05) is 35.0 Å². The molecular formula is C22H22N8O2. The molecule has 1 aliphatic heterocycles. The predicted octanol–water partition coefficient (Wildman–Crippen LogP) is 1.54. The first-order valence-electron chi connectivity index (χ1n) is 10.3. The molecule has 1 aromatic carbocycles. The zero-order valence-corrected chi connectivity index (χ0v) is 17.3. The average molecular weight is 430 g/mol. The number of carbonyl (C=O) groups is 1. The monoisotopic (exact) mass is 430 g/mol. The average Bonchev–Trinajstić information content (AvgIpc) is 3.26. The van der Waals surface area contributed by atoms with Crippen molar-refractivity contribution >= 4 is 23.3 Å². The number of morpholine rings is 1. The van der Waals surface area contributed by atoms with E-state index < -0.39 is 0 Å². The molecule has 10 nitrogen and oxygen atoms in total. The molecule has 0 radical (unpaired) electrons. The van der Waals surface area contributed by atoms with Gasteiger partial charge in [-0.25, -0.2) is 19.9 Å². The molecule has 1 aliphatic rings. The van der Waals surface area contributed by atoms with Gasteiger partial charge in [-0.3, -0.25) is 4.79 Å². The van der Waals surface area contributed by atoms with Crippen molar-refractivity contribution in [2.24, 2.45) is 0 Å². The summed E-state index contributed by atoms with van der Waals surface area (Å²) in [6.07, 6.45) is 7.08. The van der Waals surface area contributed by atoms with E-state index in [0.29, 0.717) is 31.0 Å². The Balaban J connectivity index is 1.48. The van der Waals surface area contributed by atoms with Crippen molar-refractivity contribution in [1.82, 2.24) is 29.7 Å². The van der Waals surface area contributed by atoms with Crippen LogP contribution in [0.25, 0.3) is 16.9 Å². The summed E-state index contributed by atoms with van der Waals surface area (Å²) in [4.78, 5) is 32.3. The van der Waals surface area contributed by atoms with Gasteiger partial charge in [0.15, 0.2) is 11.5 Å². The van der Waals surface area contributed by atoms with E-state index in [4.69, 9.17) is 20.4 Å². The third-order valence-electron chi connectivity index (χ3n) is 5.21. The highest BCUT2D eigenvalue weighted by molar-refractivity contribution is 5.94. The Kier molecular flexibility index (Phi) is 5.34. The number of aromatic nitrogens is 5. The molecule has 0 atom stereocenters. The Bertz CT molecular complexity index is 1230. The number of benzene rings is 1. The summed E-state index contributed by atoms with van der Waals surface area (Å²) in [5.74, 6) is 0.819. The minimum atomic E-state index is -0.145. The molecule has 5 rings (SSSR count). The number of fused-ring (bicyclic) bond motifs is 1. The fraction of sp³-hybridized carbons (Fsp3) is 0.227. The molecule has 1 amide bonds. The van der Waals surface area contributed by atoms with Crippen LogP contribution in [-0.2, 0) is 11.3 Å². The summed E-state index contributed by atoms with van der Waals surface area (Å²) in [6.45, 7) is 3.00. The summed E-state index contributed by atoms with van der Waals surface area (Å²) in [5.41, 5.74) is 9.15. The molecule has 32 heavy (non-hydrogen) atoms. The standard InChI is InChI=1S/C22H22N8O2/c23-22-25-10-16(11-26-22)18-14-30-13-17(12-24-21(31)15-4-2-1-3-5-15)27-19(30)20(28-18)29-6-8-32-9-7-29/h1-5,10-11,13-14H,6-9,12H2,(H,24,31)(H2,23,25,26). The summed E-state index contributed by atoms with van der Waals surface area (Å²) >= 11 is 0. The molecule has 0 spiro atoms. The Morgan fingerprint density at radius 1 is 1.06 bits per heavy atom. The lowest BCUT2D eigenvalue weighted by atomic mass is 10.2. The quantitative estimate of drug-likeness (QED) is 0.489. The number of carbonyl (C=O) groups excluding carboxylic acids is 1. The zero-order chi connectivity index (χ0) is 21.9. The Labute approximate surface area is 184 Å². The first-order chi connectivity index (χ1) is 15.7. The van der Waals surface area contributed by atoms with E-state index in [1.54, 1.807) is 24.5 Å². The third kappa shape index (κ3) is 4.08. The highest BCUT2D eigenvalue weighted by Gasteiger charge is 2.20. The number of nitrogen functional groups attached to an aromatic ring is 1. The molecule has 4 heterocycles. The number of rotatable bonds is 5. The number of nitrogens with zero attached hydrogens (tertiary/aromatic N) is 6. The number of hydrogen-bond donors (Lipinski definition) is 2. The molecule has 0 unspecified atom stereocenters. The number of amides is 1. The highest BCUT2D eigenvalue weighted by atomic mass is 16.5. The molecule has 3 aromatic heterocycles. The van der Waals surface area contributed by atoms with Crippen LogP contribution in [0.4, 0.5) is 11.8 Å².